The van der Waals surface area contributed by atoms with E-state index in [-0.39, 0.29) is 6.10 Å². The molecule has 2 N–H and O–H groups in total. The normalized spacial score (nSPS) is 15.5. The predicted molar refractivity (Wildman–Crippen MR) is 66.2 cm³/mol. The van der Waals surface area contributed by atoms with Gasteiger partial charge in [0, 0.05) is 10.9 Å². The van der Waals surface area contributed by atoms with E-state index in [0.29, 0.717) is 12.0 Å². The van der Waals surface area contributed by atoms with E-state index in [1.54, 1.807) is 11.3 Å². The minimum atomic E-state index is -0.214. The first-order valence-electron chi connectivity index (χ1n) is 5.56. The number of rotatable bonds is 6. The van der Waals surface area contributed by atoms with Crippen molar-refractivity contribution in [2.45, 2.75) is 39.3 Å². The van der Waals surface area contributed by atoms with Gasteiger partial charge in [0.25, 0.3) is 0 Å². The van der Waals surface area contributed by atoms with E-state index >= 15 is 0 Å². The molecule has 0 bridgehead atoms. The maximum absolute atomic E-state index is 9.20. The van der Waals surface area contributed by atoms with Crippen LogP contribution < -0.4 is 5.32 Å². The molecule has 0 aliphatic heterocycles. The molecule has 1 rings (SSSR count). The Kier molecular flexibility index (Phi) is 5.29. The van der Waals surface area contributed by atoms with E-state index in [0.717, 1.165) is 13.0 Å². The lowest BCUT2D eigenvalue weighted by Gasteiger charge is -2.21. The molecule has 0 amide bonds. The quantitative estimate of drug-likeness (QED) is 0.783. The smallest absolute Gasteiger partial charge is 0.0524 e. The maximum atomic E-state index is 9.20. The molecule has 0 saturated carbocycles. The molecular weight excluding hydrogens is 206 g/mol. The first-order chi connectivity index (χ1) is 7.11. The van der Waals surface area contributed by atoms with Crippen molar-refractivity contribution < 1.29 is 5.11 Å². The number of nitrogens with one attached hydrogen (secondary N) is 1. The van der Waals surface area contributed by atoms with E-state index in [4.69, 9.17) is 0 Å². The van der Waals surface area contributed by atoms with Crippen molar-refractivity contribution in [1.82, 2.24) is 5.32 Å². The van der Waals surface area contributed by atoms with Crippen molar-refractivity contribution in [2.75, 3.05) is 6.54 Å². The van der Waals surface area contributed by atoms with Crippen molar-refractivity contribution in [2.24, 2.45) is 5.92 Å². The number of aliphatic hydroxyl groups is 1. The van der Waals surface area contributed by atoms with E-state index in [1.165, 1.54) is 4.88 Å². The molecule has 1 aromatic heterocycles. The third-order valence-corrected chi connectivity index (χ3v) is 3.40. The second kappa shape index (κ2) is 6.26. The van der Waals surface area contributed by atoms with Gasteiger partial charge in [-0.1, -0.05) is 19.9 Å². The molecular formula is C12H21NOS. The first-order valence-corrected chi connectivity index (χ1v) is 6.44. The van der Waals surface area contributed by atoms with E-state index in [9.17, 15) is 5.11 Å². The van der Waals surface area contributed by atoms with Gasteiger partial charge in [0.15, 0.2) is 0 Å². The minimum Gasteiger partial charge on any atom is -0.393 e. The molecule has 2 unspecified atom stereocenters. The molecule has 15 heavy (non-hydrogen) atoms. The van der Waals surface area contributed by atoms with Crippen molar-refractivity contribution in [3.8, 4) is 0 Å². The Labute approximate surface area is 96.3 Å². The minimum absolute atomic E-state index is 0.214. The highest BCUT2D eigenvalue weighted by molar-refractivity contribution is 7.10. The Morgan fingerprint density at radius 3 is 2.60 bits per heavy atom. The van der Waals surface area contributed by atoms with Gasteiger partial charge < -0.3 is 10.4 Å². The fourth-order valence-electron chi connectivity index (χ4n) is 1.58. The van der Waals surface area contributed by atoms with Crippen LogP contribution in [0.2, 0.25) is 0 Å². The lowest BCUT2D eigenvalue weighted by Crippen LogP contribution is -2.27. The van der Waals surface area contributed by atoms with Gasteiger partial charge >= 0.3 is 0 Å². The van der Waals surface area contributed by atoms with Crippen molar-refractivity contribution in [3.63, 3.8) is 0 Å². The third kappa shape index (κ3) is 4.33. The van der Waals surface area contributed by atoms with E-state index in [2.05, 4.69) is 36.7 Å². The van der Waals surface area contributed by atoms with Gasteiger partial charge in [-0.05, 0) is 37.3 Å². The highest BCUT2D eigenvalue weighted by Crippen LogP contribution is 2.25. The van der Waals surface area contributed by atoms with E-state index < -0.39 is 0 Å². The SMILES string of the molecule is CC(O)CCNC(c1cccs1)C(C)C. The summed E-state index contributed by atoms with van der Waals surface area (Å²) in [6, 6.07) is 4.68. The molecule has 0 radical (unpaired) electrons. The summed E-state index contributed by atoms with van der Waals surface area (Å²) < 4.78 is 0. The predicted octanol–water partition coefficient (Wildman–Crippen LogP) is 2.81. The van der Waals surface area contributed by atoms with Gasteiger partial charge in [0.1, 0.15) is 0 Å². The average molecular weight is 227 g/mol. The summed E-state index contributed by atoms with van der Waals surface area (Å²) in [7, 11) is 0. The average Bonchev–Trinajstić information content (AvgIpc) is 2.63. The Bertz CT molecular complexity index is 257. The van der Waals surface area contributed by atoms with Crippen LogP contribution in [0.25, 0.3) is 0 Å². The molecule has 3 heteroatoms. The molecule has 1 heterocycles. The van der Waals surface area contributed by atoms with Gasteiger partial charge in [-0.15, -0.1) is 11.3 Å². The number of thiophene rings is 1. The van der Waals surface area contributed by atoms with Crippen molar-refractivity contribution in [3.05, 3.63) is 22.4 Å². The first kappa shape index (κ1) is 12.7. The highest BCUT2D eigenvalue weighted by atomic mass is 32.1. The Balaban J connectivity index is 2.45. The number of aliphatic hydroxyl groups excluding tert-OH is 1. The molecule has 0 aliphatic rings. The molecule has 1 aromatic rings. The van der Waals surface area contributed by atoms with E-state index in [1.807, 2.05) is 6.92 Å². The highest BCUT2D eigenvalue weighted by Gasteiger charge is 2.15. The largest absolute Gasteiger partial charge is 0.393 e. The molecule has 0 saturated heterocycles. The molecule has 0 fully saturated rings. The van der Waals surface area contributed by atoms with Crippen LogP contribution >= 0.6 is 11.3 Å². The van der Waals surface area contributed by atoms with Gasteiger partial charge in [0.2, 0.25) is 0 Å². The number of hydrogen-bond acceptors (Lipinski definition) is 3. The van der Waals surface area contributed by atoms with Crippen LogP contribution in [0.3, 0.4) is 0 Å². The molecule has 0 aliphatic carbocycles. The fraction of sp³-hybridized carbons (Fsp3) is 0.667. The standard InChI is InChI=1S/C12H21NOS/c1-9(2)12(11-5-4-8-15-11)13-7-6-10(3)14/h4-5,8-10,12-14H,6-7H2,1-3H3. The molecule has 0 aromatic carbocycles. The van der Waals surface area contributed by atoms with Gasteiger partial charge in [-0.2, -0.15) is 0 Å². The third-order valence-electron chi connectivity index (χ3n) is 2.44. The Morgan fingerprint density at radius 2 is 2.13 bits per heavy atom. The fourth-order valence-corrected chi connectivity index (χ4v) is 2.55. The summed E-state index contributed by atoms with van der Waals surface area (Å²) in [5, 5.41) is 14.8. The Hall–Kier alpha value is -0.380. The topological polar surface area (TPSA) is 32.3 Å². The maximum Gasteiger partial charge on any atom is 0.0524 e. The van der Waals surface area contributed by atoms with Crippen LogP contribution in [0.4, 0.5) is 0 Å². The summed E-state index contributed by atoms with van der Waals surface area (Å²) >= 11 is 1.79. The van der Waals surface area contributed by atoms with Crippen LogP contribution in [0.15, 0.2) is 17.5 Å². The second-order valence-electron chi connectivity index (χ2n) is 4.33. The van der Waals surface area contributed by atoms with Gasteiger partial charge in [-0.25, -0.2) is 0 Å². The van der Waals surface area contributed by atoms with Crippen LogP contribution in [0, 0.1) is 5.92 Å². The monoisotopic (exact) mass is 227 g/mol. The van der Waals surface area contributed by atoms with Crippen LogP contribution in [0.1, 0.15) is 38.1 Å². The van der Waals surface area contributed by atoms with Gasteiger partial charge in [0.05, 0.1) is 6.10 Å². The van der Waals surface area contributed by atoms with Crippen molar-refractivity contribution in [1.29, 1.82) is 0 Å². The lowest BCUT2D eigenvalue weighted by molar-refractivity contribution is 0.181. The zero-order chi connectivity index (χ0) is 11.3. The molecule has 2 atom stereocenters. The van der Waals surface area contributed by atoms with Crippen LogP contribution in [0.5, 0.6) is 0 Å². The summed E-state index contributed by atoms with van der Waals surface area (Å²) in [5.74, 6) is 0.581. The zero-order valence-corrected chi connectivity index (χ0v) is 10.6. The Morgan fingerprint density at radius 1 is 1.40 bits per heavy atom. The van der Waals surface area contributed by atoms with Gasteiger partial charge in [-0.3, -0.25) is 0 Å². The summed E-state index contributed by atoms with van der Waals surface area (Å²) in [5.41, 5.74) is 0. The molecule has 2 nitrogen and oxygen atoms in total. The molecule has 0 spiro atoms. The zero-order valence-electron chi connectivity index (χ0n) is 9.73. The van der Waals surface area contributed by atoms with Crippen molar-refractivity contribution >= 4 is 11.3 Å². The van der Waals surface area contributed by atoms with Crippen LogP contribution in [-0.4, -0.2) is 17.8 Å². The number of hydrogen-bond donors (Lipinski definition) is 2. The lowest BCUT2D eigenvalue weighted by atomic mass is 10.0. The molecule has 86 valence electrons. The van der Waals surface area contributed by atoms with Crippen LogP contribution in [-0.2, 0) is 0 Å². The summed E-state index contributed by atoms with van der Waals surface area (Å²) in [4.78, 5) is 1.38. The summed E-state index contributed by atoms with van der Waals surface area (Å²) in [6.45, 7) is 7.15. The second-order valence-corrected chi connectivity index (χ2v) is 5.31. The summed E-state index contributed by atoms with van der Waals surface area (Å²) in [6.07, 6.45) is 0.600.